The first-order valence-electron chi connectivity index (χ1n) is 10.1. The fourth-order valence-corrected chi connectivity index (χ4v) is 3.15. The van der Waals surface area contributed by atoms with Crippen molar-refractivity contribution in [2.24, 2.45) is 0 Å². The molecular weight excluding hydrogens is 404 g/mol. The largest absolute Gasteiger partial charge is 0.436 e. The van der Waals surface area contributed by atoms with Crippen LogP contribution in [0.4, 0.5) is 16.2 Å². The highest BCUT2D eigenvalue weighted by atomic mass is 16.4. The van der Waals surface area contributed by atoms with Crippen molar-refractivity contribution in [2.45, 2.75) is 6.92 Å². The number of hydrogen-bond donors (Lipinski definition) is 3. The molecule has 0 saturated heterocycles. The third-order valence-electron chi connectivity index (χ3n) is 4.87. The number of urea groups is 1. The summed E-state index contributed by atoms with van der Waals surface area (Å²) < 4.78 is 5.96. The van der Waals surface area contributed by atoms with E-state index in [1.54, 1.807) is 55.7 Å². The van der Waals surface area contributed by atoms with E-state index in [4.69, 9.17) is 4.42 Å². The molecule has 0 spiro atoms. The quantitative estimate of drug-likeness (QED) is 0.402. The minimum Gasteiger partial charge on any atom is -0.436 e. The summed E-state index contributed by atoms with van der Waals surface area (Å²) in [5.74, 6) is 0.716. The predicted octanol–water partition coefficient (Wildman–Crippen LogP) is 5.32. The number of carbonyl (C=O) groups is 2. The van der Waals surface area contributed by atoms with Gasteiger partial charge in [-0.25, -0.2) is 9.78 Å². The molecule has 7 nitrogen and oxygen atoms in total. The van der Waals surface area contributed by atoms with E-state index in [0.717, 1.165) is 11.1 Å². The second-order valence-electron chi connectivity index (χ2n) is 7.18. The van der Waals surface area contributed by atoms with E-state index < -0.39 is 0 Å². The molecule has 4 aromatic rings. The van der Waals surface area contributed by atoms with Gasteiger partial charge in [0, 0.05) is 29.5 Å². The highest BCUT2D eigenvalue weighted by molar-refractivity contribution is 6.08. The lowest BCUT2D eigenvalue weighted by atomic mass is 10.1. The van der Waals surface area contributed by atoms with Gasteiger partial charge in [0.1, 0.15) is 0 Å². The number of hydrogen-bond acceptors (Lipinski definition) is 4. The summed E-state index contributed by atoms with van der Waals surface area (Å²) in [6, 6.07) is 21.6. The fraction of sp³-hybridized carbons (Fsp3) is 0.0800. The molecule has 3 amide bonds. The number of aryl methyl sites for hydroxylation is 1. The molecule has 3 aromatic carbocycles. The van der Waals surface area contributed by atoms with Gasteiger partial charge in [-0.3, -0.25) is 4.79 Å². The lowest BCUT2D eigenvalue weighted by molar-refractivity contribution is 0.102. The van der Waals surface area contributed by atoms with Crippen molar-refractivity contribution in [3.05, 3.63) is 90.1 Å². The zero-order chi connectivity index (χ0) is 22.5. The molecule has 0 aliphatic rings. The first kappa shape index (κ1) is 20.9. The maximum absolute atomic E-state index is 13.0. The Morgan fingerprint density at radius 2 is 1.50 bits per heavy atom. The summed E-state index contributed by atoms with van der Waals surface area (Å²) in [5, 5.41) is 8.02. The lowest BCUT2D eigenvalue weighted by Crippen LogP contribution is -2.24. The Hall–Kier alpha value is -4.39. The molecule has 0 bridgehead atoms. The normalized spacial score (nSPS) is 10.4. The molecular formula is C25H22N4O3. The van der Waals surface area contributed by atoms with Crippen LogP contribution in [0.15, 0.2) is 83.4 Å². The summed E-state index contributed by atoms with van der Waals surface area (Å²) >= 11 is 0. The Kier molecular flexibility index (Phi) is 5.98. The Labute approximate surface area is 185 Å². The van der Waals surface area contributed by atoms with Crippen LogP contribution >= 0.6 is 0 Å². The van der Waals surface area contributed by atoms with Crippen LogP contribution in [-0.4, -0.2) is 24.0 Å². The number of nitrogens with zero attached hydrogens (tertiary/aromatic N) is 1. The fourth-order valence-electron chi connectivity index (χ4n) is 3.15. The molecule has 0 atom stereocenters. The monoisotopic (exact) mass is 426 g/mol. The van der Waals surface area contributed by atoms with E-state index >= 15 is 0 Å². The van der Waals surface area contributed by atoms with Gasteiger partial charge in [-0.05, 0) is 43.3 Å². The van der Waals surface area contributed by atoms with Crippen molar-refractivity contribution in [1.29, 1.82) is 0 Å². The van der Waals surface area contributed by atoms with Crippen molar-refractivity contribution in [2.75, 3.05) is 17.7 Å². The van der Waals surface area contributed by atoms with Crippen LogP contribution in [0.5, 0.6) is 0 Å². The summed E-state index contributed by atoms with van der Waals surface area (Å²) in [5.41, 5.74) is 4.33. The third-order valence-corrected chi connectivity index (χ3v) is 4.87. The zero-order valence-corrected chi connectivity index (χ0v) is 17.7. The highest BCUT2D eigenvalue weighted by Gasteiger charge is 2.17. The van der Waals surface area contributed by atoms with Crippen molar-refractivity contribution < 1.29 is 14.0 Å². The summed E-state index contributed by atoms with van der Waals surface area (Å²) in [7, 11) is 1.54. The minimum absolute atomic E-state index is 0.289. The first-order chi connectivity index (χ1) is 15.5. The second-order valence-corrected chi connectivity index (χ2v) is 7.18. The van der Waals surface area contributed by atoms with Gasteiger partial charge in [0.2, 0.25) is 5.89 Å². The van der Waals surface area contributed by atoms with E-state index in [1.807, 2.05) is 37.3 Å². The molecule has 0 fully saturated rings. The molecule has 0 aliphatic carbocycles. The van der Waals surface area contributed by atoms with Crippen molar-refractivity contribution >= 4 is 23.3 Å². The number of amides is 3. The van der Waals surface area contributed by atoms with Crippen LogP contribution in [-0.2, 0) is 0 Å². The Morgan fingerprint density at radius 3 is 2.19 bits per heavy atom. The van der Waals surface area contributed by atoms with Gasteiger partial charge in [-0.15, -0.1) is 0 Å². The number of rotatable bonds is 5. The molecule has 4 rings (SSSR count). The lowest BCUT2D eigenvalue weighted by Gasteiger charge is -2.09. The van der Waals surface area contributed by atoms with Crippen LogP contribution < -0.4 is 16.0 Å². The summed E-state index contributed by atoms with van der Waals surface area (Å²) in [6.45, 7) is 2.02. The van der Waals surface area contributed by atoms with Gasteiger partial charge in [0.25, 0.3) is 5.91 Å². The molecule has 1 heterocycles. The van der Waals surface area contributed by atoms with Crippen molar-refractivity contribution in [3.63, 3.8) is 0 Å². The van der Waals surface area contributed by atoms with Crippen molar-refractivity contribution in [1.82, 2.24) is 10.3 Å². The summed E-state index contributed by atoms with van der Waals surface area (Å²) in [4.78, 5) is 28.8. The van der Waals surface area contributed by atoms with E-state index in [-0.39, 0.29) is 11.9 Å². The first-order valence-corrected chi connectivity index (χ1v) is 10.1. The van der Waals surface area contributed by atoms with E-state index in [1.165, 1.54) is 0 Å². The second kappa shape index (κ2) is 9.18. The Balaban J connectivity index is 1.54. The predicted molar refractivity (Wildman–Crippen MR) is 125 cm³/mol. The maximum atomic E-state index is 13.0. The number of anilines is 2. The Bertz CT molecular complexity index is 1240. The van der Waals surface area contributed by atoms with Gasteiger partial charge < -0.3 is 20.4 Å². The van der Waals surface area contributed by atoms with E-state index in [9.17, 15) is 9.59 Å². The van der Waals surface area contributed by atoms with E-state index in [2.05, 4.69) is 20.9 Å². The van der Waals surface area contributed by atoms with Gasteiger partial charge in [-0.1, -0.05) is 42.0 Å². The smallest absolute Gasteiger partial charge is 0.318 e. The molecule has 0 radical (unpaired) electrons. The number of benzene rings is 3. The molecule has 3 N–H and O–H groups in total. The number of carbonyl (C=O) groups excluding carboxylic acids is 2. The standard InChI is InChI=1S/C25H22N4O3/c1-16-7-9-17(10-8-16)22-15-27-24(32-22)21-6-4-3-5-20(21)23(30)28-18-11-13-19(14-12-18)29-25(31)26-2/h3-15H,1-2H3,(H,28,30)(H2,26,29,31). The maximum Gasteiger partial charge on any atom is 0.318 e. The van der Waals surface area contributed by atoms with Gasteiger partial charge in [0.05, 0.1) is 11.8 Å². The number of nitrogens with one attached hydrogen (secondary N) is 3. The molecule has 160 valence electrons. The van der Waals surface area contributed by atoms with Crippen LogP contribution in [0, 0.1) is 6.92 Å². The average molecular weight is 426 g/mol. The Morgan fingerprint density at radius 1 is 0.844 bits per heavy atom. The van der Waals surface area contributed by atoms with Crippen LogP contribution in [0.3, 0.4) is 0 Å². The van der Waals surface area contributed by atoms with Crippen LogP contribution in [0.1, 0.15) is 15.9 Å². The zero-order valence-electron chi connectivity index (χ0n) is 17.7. The SMILES string of the molecule is CNC(=O)Nc1ccc(NC(=O)c2ccccc2-c2ncc(-c3ccc(C)cc3)o2)cc1. The molecule has 32 heavy (non-hydrogen) atoms. The topological polar surface area (TPSA) is 96.3 Å². The van der Waals surface area contributed by atoms with Crippen LogP contribution in [0.2, 0.25) is 0 Å². The number of aromatic nitrogens is 1. The highest BCUT2D eigenvalue weighted by Crippen LogP contribution is 2.29. The number of oxazole rings is 1. The van der Waals surface area contributed by atoms with Crippen molar-refractivity contribution in [3.8, 4) is 22.8 Å². The molecule has 0 aliphatic heterocycles. The molecule has 1 aromatic heterocycles. The molecule has 0 saturated carbocycles. The van der Waals surface area contributed by atoms with Gasteiger partial charge in [-0.2, -0.15) is 0 Å². The summed E-state index contributed by atoms with van der Waals surface area (Å²) in [6.07, 6.45) is 1.66. The average Bonchev–Trinajstić information content (AvgIpc) is 3.31. The van der Waals surface area contributed by atoms with Gasteiger partial charge in [0.15, 0.2) is 5.76 Å². The van der Waals surface area contributed by atoms with Gasteiger partial charge >= 0.3 is 6.03 Å². The third kappa shape index (κ3) is 4.67. The minimum atomic E-state index is -0.313. The van der Waals surface area contributed by atoms with E-state index in [0.29, 0.717) is 34.2 Å². The molecule has 0 unspecified atom stereocenters. The molecule has 7 heteroatoms. The van der Waals surface area contributed by atoms with Crippen LogP contribution in [0.25, 0.3) is 22.8 Å².